The summed E-state index contributed by atoms with van der Waals surface area (Å²) in [5.41, 5.74) is -0.334. The van der Waals surface area contributed by atoms with E-state index < -0.39 is 0 Å². The Morgan fingerprint density at radius 3 is 2.84 bits per heavy atom. The van der Waals surface area contributed by atoms with E-state index in [1.807, 2.05) is 0 Å². The summed E-state index contributed by atoms with van der Waals surface area (Å²) in [6.45, 7) is -0.120. The fraction of sp³-hybridized carbons (Fsp3) is 0.867. The van der Waals surface area contributed by atoms with Gasteiger partial charge in [-0.1, -0.05) is 12.8 Å². The number of ketones is 1. The second kappa shape index (κ2) is 4.58. The van der Waals surface area contributed by atoms with Crippen LogP contribution in [-0.2, 0) is 14.3 Å². The molecule has 0 aromatic rings. The van der Waals surface area contributed by atoms with Crippen molar-refractivity contribution in [1.29, 1.82) is 0 Å². The second-order valence-electron chi connectivity index (χ2n) is 6.41. The van der Waals surface area contributed by atoms with Gasteiger partial charge in [0.05, 0.1) is 19.6 Å². The summed E-state index contributed by atoms with van der Waals surface area (Å²) in [6, 6.07) is 0. The van der Waals surface area contributed by atoms with Gasteiger partial charge in [0.1, 0.15) is 5.78 Å². The lowest BCUT2D eigenvalue weighted by Gasteiger charge is -2.59. The van der Waals surface area contributed by atoms with E-state index in [0.29, 0.717) is 0 Å². The number of rotatable bonds is 2. The number of ether oxygens (including phenoxy) is 1. The summed E-state index contributed by atoms with van der Waals surface area (Å²) < 4.78 is 4.98. The van der Waals surface area contributed by atoms with Crippen LogP contribution in [0.25, 0.3) is 0 Å². The van der Waals surface area contributed by atoms with Crippen LogP contribution < -0.4 is 0 Å². The molecular weight excluding hydrogens is 244 g/mol. The van der Waals surface area contributed by atoms with Crippen molar-refractivity contribution < 1.29 is 19.4 Å². The van der Waals surface area contributed by atoms with E-state index in [1.165, 1.54) is 7.11 Å². The minimum Gasteiger partial charge on any atom is -0.469 e. The number of hydrogen-bond acceptors (Lipinski definition) is 4. The minimum atomic E-state index is -0.341. The SMILES string of the molecule is COC(=O)[C@@H]1[C@H]2CC[C@]3(CCCC[C@@H]13)C(=O)[C@@H]2CO. The fourth-order valence-electron chi connectivity index (χ4n) is 5.14. The molecule has 19 heavy (non-hydrogen) atoms. The van der Waals surface area contributed by atoms with Gasteiger partial charge in [0.15, 0.2) is 0 Å². The van der Waals surface area contributed by atoms with Crippen LogP contribution in [0.2, 0.25) is 0 Å². The van der Waals surface area contributed by atoms with Gasteiger partial charge in [-0.3, -0.25) is 9.59 Å². The largest absolute Gasteiger partial charge is 0.469 e. The number of carbonyl (C=O) groups excluding carboxylic acids is 2. The topological polar surface area (TPSA) is 63.6 Å². The Morgan fingerprint density at radius 2 is 2.16 bits per heavy atom. The summed E-state index contributed by atoms with van der Waals surface area (Å²) in [5.74, 6) is -0.304. The third kappa shape index (κ3) is 1.62. The number of Topliss-reactive ketones (excluding diaryl/α,β-unsaturated/α-hetero) is 1. The van der Waals surface area contributed by atoms with Crippen LogP contribution >= 0.6 is 0 Å². The average molecular weight is 266 g/mol. The molecule has 4 aliphatic rings. The number of methoxy groups -OCH3 is 1. The fourth-order valence-corrected chi connectivity index (χ4v) is 5.14. The monoisotopic (exact) mass is 266 g/mol. The molecule has 4 fully saturated rings. The highest BCUT2D eigenvalue weighted by Gasteiger charge is 2.64. The molecule has 4 rings (SSSR count). The van der Waals surface area contributed by atoms with Crippen LogP contribution in [0.3, 0.4) is 0 Å². The first-order valence-corrected chi connectivity index (χ1v) is 7.38. The molecule has 4 aliphatic carbocycles. The lowest BCUT2D eigenvalue weighted by Crippen LogP contribution is -2.62. The number of aliphatic hydroxyl groups excluding tert-OH is 1. The molecular formula is C15H22O4. The van der Waals surface area contributed by atoms with Gasteiger partial charge in [-0.2, -0.15) is 0 Å². The van der Waals surface area contributed by atoms with Crippen molar-refractivity contribution in [2.75, 3.05) is 13.7 Å². The lowest BCUT2D eigenvalue weighted by molar-refractivity contribution is -0.182. The number of carbonyl (C=O) groups is 2. The second-order valence-corrected chi connectivity index (χ2v) is 6.41. The first-order chi connectivity index (χ1) is 9.15. The Balaban J connectivity index is 2.03. The van der Waals surface area contributed by atoms with Crippen LogP contribution in [0.15, 0.2) is 0 Å². The van der Waals surface area contributed by atoms with Gasteiger partial charge in [-0.25, -0.2) is 0 Å². The summed E-state index contributed by atoms with van der Waals surface area (Å²) in [5, 5.41) is 9.57. The van der Waals surface area contributed by atoms with Gasteiger partial charge in [0, 0.05) is 11.3 Å². The Bertz CT molecular complexity index is 401. The zero-order valence-electron chi connectivity index (χ0n) is 11.4. The average Bonchev–Trinajstić information content (AvgIpc) is 2.46. The van der Waals surface area contributed by atoms with Crippen LogP contribution in [0.4, 0.5) is 0 Å². The summed E-state index contributed by atoms with van der Waals surface area (Å²) in [7, 11) is 1.43. The number of hydrogen-bond donors (Lipinski definition) is 1. The van der Waals surface area contributed by atoms with Crippen molar-refractivity contribution in [3.63, 3.8) is 0 Å². The van der Waals surface area contributed by atoms with E-state index in [-0.39, 0.29) is 47.4 Å². The van der Waals surface area contributed by atoms with Crippen molar-refractivity contribution >= 4 is 11.8 Å². The van der Waals surface area contributed by atoms with Crippen molar-refractivity contribution in [2.24, 2.45) is 29.1 Å². The van der Waals surface area contributed by atoms with Crippen molar-refractivity contribution in [3.05, 3.63) is 0 Å². The number of esters is 1. The van der Waals surface area contributed by atoms with Gasteiger partial charge in [-0.05, 0) is 37.5 Å². The minimum absolute atomic E-state index is 0.00470. The van der Waals surface area contributed by atoms with Gasteiger partial charge in [-0.15, -0.1) is 0 Å². The maximum Gasteiger partial charge on any atom is 0.309 e. The maximum absolute atomic E-state index is 12.7. The smallest absolute Gasteiger partial charge is 0.309 e. The van der Waals surface area contributed by atoms with Gasteiger partial charge in [0.2, 0.25) is 0 Å². The molecule has 106 valence electrons. The third-order valence-electron chi connectivity index (χ3n) is 5.93. The predicted octanol–water partition coefficient (Wildman–Crippen LogP) is 1.55. The highest BCUT2D eigenvalue weighted by Crippen LogP contribution is 2.62. The van der Waals surface area contributed by atoms with Crippen molar-refractivity contribution in [3.8, 4) is 0 Å². The molecule has 0 aromatic carbocycles. The van der Waals surface area contributed by atoms with Crippen LogP contribution in [-0.4, -0.2) is 30.6 Å². The highest BCUT2D eigenvalue weighted by atomic mass is 16.5. The molecule has 4 heteroatoms. The quantitative estimate of drug-likeness (QED) is 0.770. The van der Waals surface area contributed by atoms with E-state index in [1.54, 1.807) is 0 Å². The van der Waals surface area contributed by atoms with Crippen molar-refractivity contribution in [1.82, 2.24) is 0 Å². The van der Waals surface area contributed by atoms with E-state index in [9.17, 15) is 14.7 Å². The Hall–Kier alpha value is -0.900. The van der Waals surface area contributed by atoms with Crippen LogP contribution in [0.1, 0.15) is 38.5 Å². The molecule has 0 aliphatic heterocycles. The van der Waals surface area contributed by atoms with Crippen LogP contribution in [0.5, 0.6) is 0 Å². The highest BCUT2D eigenvalue weighted by molar-refractivity contribution is 5.92. The van der Waals surface area contributed by atoms with Crippen LogP contribution in [0, 0.1) is 29.1 Å². The zero-order valence-corrected chi connectivity index (χ0v) is 11.4. The molecule has 0 amide bonds. The van der Waals surface area contributed by atoms with Gasteiger partial charge in [0.25, 0.3) is 0 Å². The lowest BCUT2D eigenvalue weighted by atomic mass is 9.43. The predicted molar refractivity (Wildman–Crippen MR) is 68.2 cm³/mol. The van der Waals surface area contributed by atoms with Crippen molar-refractivity contribution in [2.45, 2.75) is 38.5 Å². The first kappa shape index (κ1) is 13.1. The standard InChI is InChI=1S/C15H22O4/c1-19-14(18)12-9-5-7-15(13(17)10(9)8-16)6-3-2-4-11(12)15/h9-12,16H,2-8H2,1H3/t9-,10+,11-,12+,15-/m0/s1. The Kier molecular flexibility index (Phi) is 3.16. The van der Waals surface area contributed by atoms with E-state index in [2.05, 4.69) is 0 Å². The molecule has 0 saturated heterocycles. The maximum atomic E-state index is 12.7. The third-order valence-corrected chi connectivity index (χ3v) is 5.93. The molecule has 5 atom stereocenters. The molecule has 2 bridgehead atoms. The number of fused-ring (bicyclic) bond motifs is 2. The van der Waals surface area contributed by atoms with E-state index >= 15 is 0 Å². The molecule has 4 nitrogen and oxygen atoms in total. The van der Waals surface area contributed by atoms with E-state index in [0.717, 1.165) is 38.5 Å². The molecule has 4 saturated carbocycles. The zero-order chi connectivity index (χ0) is 13.6. The number of aliphatic hydroxyl groups is 1. The molecule has 1 spiro atoms. The Labute approximate surface area is 113 Å². The summed E-state index contributed by atoms with van der Waals surface area (Å²) in [4.78, 5) is 24.9. The van der Waals surface area contributed by atoms with Gasteiger partial charge >= 0.3 is 5.97 Å². The Morgan fingerprint density at radius 1 is 1.37 bits per heavy atom. The molecule has 0 unspecified atom stereocenters. The first-order valence-electron chi connectivity index (χ1n) is 7.38. The molecule has 0 aromatic heterocycles. The summed E-state index contributed by atoms with van der Waals surface area (Å²) in [6.07, 6.45) is 5.81. The van der Waals surface area contributed by atoms with Gasteiger partial charge < -0.3 is 9.84 Å². The molecule has 1 N–H and O–H groups in total. The molecule has 0 heterocycles. The normalized spacial score (nSPS) is 44.8. The molecule has 0 radical (unpaired) electrons. The summed E-state index contributed by atoms with van der Waals surface area (Å²) >= 11 is 0. The van der Waals surface area contributed by atoms with E-state index in [4.69, 9.17) is 4.74 Å².